The van der Waals surface area contributed by atoms with Crippen molar-refractivity contribution in [1.29, 1.82) is 0 Å². The van der Waals surface area contributed by atoms with Crippen LogP contribution < -0.4 is 10.6 Å². The van der Waals surface area contributed by atoms with Gasteiger partial charge in [0.1, 0.15) is 0 Å². The number of fused-ring (bicyclic) bond motifs is 1. The second kappa shape index (κ2) is 6.84. The van der Waals surface area contributed by atoms with Gasteiger partial charge < -0.3 is 15.6 Å². The molecule has 0 spiro atoms. The van der Waals surface area contributed by atoms with Gasteiger partial charge in [0.2, 0.25) is 5.95 Å². The SMILES string of the molecule is CCc1cnc(N[C@H]2CCCNC2)nc1-c1c[nH]c2ccc(C)cc12. The van der Waals surface area contributed by atoms with Crippen molar-refractivity contribution in [3.05, 3.63) is 41.7 Å². The molecule has 0 unspecified atom stereocenters. The molecule has 2 aromatic heterocycles. The summed E-state index contributed by atoms with van der Waals surface area (Å²) in [6.07, 6.45) is 7.30. The zero-order chi connectivity index (χ0) is 17.2. The first kappa shape index (κ1) is 16.1. The number of anilines is 1. The standard InChI is InChI=1S/C20H25N5/c1-3-14-10-23-20(24-15-5-4-8-21-11-15)25-19(14)17-12-22-18-7-6-13(2)9-16(17)18/h6-7,9-10,12,15,21-22H,3-5,8,11H2,1-2H3,(H,23,24,25)/t15-/m0/s1. The van der Waals surface area contributed by atoms with Gasteiger partial charge in [-0.2, -0.15) is 0 Å². The maximum Gasteiger partial charge on any atom is 0.223 e. The fourth-order valence-corrected chi connectivity index (χ4v) is 3.56. The van der Waals surface area contributed by atoms with Crippen molar-refractivity contribution in [2.24, 2.45) is 0 Å². The lowest BCUT2D eigenvalue weighted by Crippen LogP contribution is -2.38. The van der Waals surface area contributed by atoms with E-state index in [1.807, 2.05) is 6.20 Å². The van der Waals surface area contributed by atoms with Crippen molar-refractivity contribution < 1.29 is 0 Å². The van der Waals surface area contributed by atoms with Gasteiger partial charge in [0.05, 0.1) is 5.69 Å². The molecule has 4 rings (SSSR count). The average Bonchev–Trinajstić information content (AvgIpc) is 3.05. The number of aromatic nitrogens is 3. The lowest BCUT2D eigenvalue weighted by Gasteiger charge is -2.24. The van der Waals surface area contributed by atoms with E-state index in [1.54, 1.807) is 0 Å². The minimum atomic E-state index is 0.402. The van der Waals surface area contributed by atoms with Crippen molar-refractivity contribution in [2.75, 3.05) is 18.4 Å². The number of piperidine rings is 1. The van der Waals surface area contributed by atoms with Gasteiger partial charge in [-0.15, -0.1) is 0 Å². The van der Waals surface area contributed by atoms with E-state index in [-0.39, 0.29) is 0 Å². The first-order chi connectivity index (χ1) is 12.2. The third-order valence-corrected chi connectivity index (χ3v) is 4.97. The number of aromatic amines is 1. The molecule has 25 heavy (non-hydrogen) atoms. The van der Waals surface area contributed by atoms with E-state index in [2.05, 4.69) is 58.8 Å². The molecule has 0 amide bonds. The average molecular weight is 335 g/mol. The molecule has 0 saturated carbocycles. The fraction of sp³-hybridized carbons (Fsp3) is 0.400. The van der Waals surface area contributed by atoms with Crippen LogP contribution in [-0.2, 0) is 6.42 Å². The summed E-state index contributed by atoms with van der Waals surface area (Å²) in [5.74, 6) is 0.725. The smallest absolute Gasteiger partial charge is 0.223 e. The Morgan fingerprint density at radius 3 is 3.04 bits per heavy atom. The minimum absolute atomic E-state index is 0.402. The van der Waals surface area contributed by atoms with Gasteiger partial charge in [0.25, 0.3) is 0 Å². The van der Waals surface area contributed by atoms with Crippen LogP contribution in [0.25, 0.3) is 22.2 Å². The Morgan fingerprint density at radius 2 is 2.24 bits per heavy atom. The van der Waals surface area contributed by atoms with E-state index in [4.69, 9.17) is 4.98 Å². The molecule has 3 aromatic rings. The second-order valence-corrected chi connectivity index (χ2v) is 6.86. The molecule has 1 saturated heterocycles. The number of benzene rings is 1. The van der Waals surface area contributed by atoms with Crippen LogP contribution in [0.3, 0.4) is 0 Å². The van der Waals surface area contributed by atoms with E-state index in [9.17, 15) is 0 Å². The summed E-state index contributed by atoms with van der Waals surface area (Å²) in [7, 11) is 0. The molecular weight excluding hydrogens is 310 g/mol. The molecule has 1 fully saturated rings. The van der Waals surface area contributed by atoms with Crippen molar-refractivity contribution >= 4 is 16.9 Å². The Bertz CT molecular complexity index is 877. The molecular formula is C20H25N5. The van der Waals surface area contributed by atoms with Gasteiger partial charge in [-0.3, -0.25) is 0 Å². The summed E-state index contributed by atoms with van der Waals surface area (Å²) in [4.78, 5) is 12.8. The summed E-state index contributed by atoms with van der Waals surface area (Å²) < 4.78 is 0. The summed E-state index contributed by atoms with van der Waals surface area (Å²) >= 11 is 0. The van der Waals surface area contributed by atoms with Crippen LogP contribution >= 0.6 is 0 Å². The van der Waals surface area contributed by atoms with E-state index >= 15 is 0 Å². The second-order valence-electron chi connectivity index (χ2n) is 6.86. The Hall–Kier alpha value is -2.40. The predicted molar refractivity (Wildman–Crippen MR) is 103 cm³/mol. The van der Waals surface area contributed by atoms with E-state index < -0.39 is 0 Å². The largest absolute Gasteiger partial charge is 0.360 e. The Balaban J connectivity index is 1.73. The quantitative estimate of drug-likeness (QED) is 0.681. The third-order valence-electron chi connectivity index (χ3n) is 4.97. The molecule has 0 aliphatic carbocycles. The number of hydrogen-bond donors (Lipinski definition) is 3. The van der Waals surface area contributed by atoms with Crippen molar-refractivity contribution in [3.63, 3.8) is 0 Å². The molecule has 0 radical (unpaired) electrons. The maximum atomic E-state index is 4.89. The summed E-state index contributed by atoms with van der Waals surface area (Å²) in [6, 6.07) is 6.89. The molecule has 3 heterocycles. The molecule has 0 bridgehead atoms. The highest BCUT2D eigenvalue weighted by molar-refractivity contribution is 5.95. The van der Waals surface area contributed by atoms with E-state index in [0.717, 1.165) is 48.7 Å². The van der Waals surface area contributed by atoms with Crippen LogP contribution in [0.4, 0.5) is 5.95 Å². The van der Waals surface area contributed by atoms with Gasteiger partial charge in [-0.25, -0.2) is 9.97 Å². The molecule has 1 atom stereocenters. The first-order valence-electron chi connectivity index (χ1n) is 9.16. The molecule has 3 N–H and O–H groups in total. The zero-order valence-electron chi connectivity index (χ0n) is 14.9. The number of aryl methyl sites for hydroxylation is 2. The van der Waals surface area contributed by atoms with Crippen LogP contribution in [0.5, 0.6) is 0 Å². The van der Waals surface area contributed by atoms with Crippen LogP contribution in [0.15, 0.2) is 30.6 Å². The normalized spacial score (nSPS) is 17.8. The molecule has 130 valence electrons. The van der Waals surface area contributed by atoms with Crippen molar-refractivity contribution in [3.8, 4) is 11.3 Å². The van der Waals surface area contributed by atoms with Crippen LogP contribution in [0.2, 0.25) is 0 Å². The van der Waals surface area contributed by atoms with Crippen LogP contribution in [0, 0.1) is 6.92 Å². The summed E-state index contributed by atoms with van der Waals surface area (Å²) in [6.45, 7) is 6.36. The van der Waals surface area contributed by atoms with Gasteiger partial charge in [0.15, 0.2) is 0 Å². The van der Waals surface area contributed by atoms with Gasteiger partial charge in [-0.05, 0) is 50.4 Å². The van der Waals surface area contributed by atoms with Crippen LogP contribution in [0.1, 0.15) is 30.9 Å². The number of H-pyrrole nitrogens is 1. The highest BCUT2D eigenvalue weighted by Crippen LogP contribution is 2.31. The van der Waals surface area contributed by atoms with E-state index in [1.165, 1.54) is 22.9 Å². The Kier molecular flexibility index (Phi) is 4.40. The van der Waals surface area contributed by atoms with Crippen LogP contribution in [-0.4, -0.2) is 34.1 Å². The topological polar surface area (TPSA) is 65.6 Å². The third kappa shape index (κ3) is 3.24. The summed E-state index contributed by atoms with van der Waals surface area (Å²) in [5.41, 5.74) is 5.76. The lowest BCUT2D eigenvalue weighted by molar-refractivity contribution is 0.478. The maximum absolute atomic E-state index is 4.89. The minimum Gasteiger partial charge on any atom is -0.360 e. The van der Waals surface area contributed by atoms with E-state index in [0.29, 0.717) is 6.04 Å². The van der Waals surface area contributed by atoms with Crippen molar-refractivity contribution in [2.45, 2.75) is 39.2 Å². The monoisotopic (exact) mass is 335 g/mol. The first-order valence-corrected chi connectivity index (χ1v) is 9.16. The molecule has 5 heteroatoms. The van der Waals surface area contributed by atoms with Gasteiger partial charge in [0, 0.05) is 41.4 Å². The Labute approximate surface area is 148 Å². The highest BCUT2D eigenvalue weighted by Gasteiger charge is 2.17. The highest BCUT2D eigenvalue weighted by atomic mass is 15.1. The fourth-order valence-electron chi connectivity index (χ4n) is 3.56. The van der Waals surface area contributed by atoms with Gasteiger partial charge >= 0.3 is 0 Å². The zero-order valence-corrected chi connectivity index (χ0v) is 14.9. The molecule has 1 aliphatic rings. The number of rotatable bonds is 4. The molecule has 1 aliphatic heterocycles. The Morgan fingerprint density at radius 1 is 1.32 bits per heavy atom. The number of nitrogens with one attached hydrogen (secondary N) is 3. The lowest BCUT2D eigenvalue weighted by atomic mass is 10.0. The molecule has 5 nitrogen and oxygen atoms in total. The molecule has 1 aromatic carbocycles. The number of nitrogens with zero attached hydrogens (tertiary/aromatic N) is 2. The predicted octanol–water partition coefficient (Wildman–Crippen LogP) is 3.66. The number of hydrogen-bond acceptors (Lipinski definition) is 4. The van der Waals surface area contributed by atoms with Crippen molar-refractivity contribution in [1.82, 2.24) is 20.3 Å². The summed E-state index contributed by atoms with van der Waals surface area (Å²) in [5, 5.41) is 8.15. The van der Waals surface area contributed by atoms with Gasteiger partial charge in [-0.1, -0.05) is 18.6 Å².